The quantitative estimate of drug-likeness (QED) is 0.692. The molecule has 0 radical (unpaired) electrons. The normalized spacial score (nSPS) is 9.95. The molecule has 0 aliphatic carbocycles. The van der Waals surface area contributed by atoms with E-state index in [0.29, 0.717) is 16.8 Å². The van der Waals surface area contributed by atoms with E-state index in [1.165, 1.54) is 0 Å². The Balaban J connectivity index is 2.11. The number of rotatable bonds is 3. The molecule has 106 valence electrons. The van der Waals surface area contributed by atoms with Crippen molar-refractivity contribution in [1.82, 2.24) is 0 Å². The summed E-state index contributed by atoms with van der Waals surface area (Å²) >= 11 is 0. The van der Waals surface area contributed by atoms with E-state index in [-0.39, 0.29) is 6.61 Å². The van der Waals surface area contributed by atoms with E-state index in [9.17, 15) is 4.79 Å². The Bertz CT molecular complexity index is 730. The number of carbonyl (C=O) groups is 1. The Hall–Kier alpha value is -2.80. The minimum atomic E-state index is -0.444. The van der Waals surface area contributed by atoms with Gasteiger partial charge in [-0.1, -0.05) is 17.7 Å². The van der Waals surface area contributed by atoms with Gasteiger partial charge in [-0.3, -0.25) is 0 Å². The molecule has 0 bridgehead atoms. The molecule has 0 saturated carbocycles. The van der Waals surface area contributed by atoms with Crippen molar-refractivity contribution in [3.8, 4) is 6.07 Å². The number of carbonyl (C=O) groups excluding carboxylic acids is 1. The van der Waals surface area contributed by atoms with Gasteiger partial charge in [0.25, 0.3) is 0 Å². The zero-order chi connectivity index (χ0) is 15.4. The number of nitriles is 1. The van der Waals surface area contributed by atoms with Gasteiger partial charge >= 0.3 is 5.97 Å². The highest BCUT2D eigenvalue weighted by Gasteiger charge is 2.12. The standard InChI is InChI=1S/C17H16N2O2/c1-11-3-6-16(19)15(7-11)17(20)21-10-14-5-4-13(9-18)8-12(14)2/h3-8H,10,19H2,1-2H3. The average molecular weight is 280 g/mol. The summed E-state index contributed by atoms with van der Waals surface area (Å²) in [6.07, 6.45) is 0. The first-order chi connectivity index (χ1) is 10.0. The summed E-state index contributed by atoms with van der Waals surface area (Å²) in [7, 11) is 0. The molecule has 0 amide bonds. The van der Waals surface area contributed by atoms with Crippen LogP contribution in [0.2, 0.25) is 0 Å². The number of nitrogen functional groups attached to an aromatic ring is 1. The highest BCUT2D eigenvalue weighted by Crippen LogP contribution is 2.17. The fraction of sp³-hybridized carbons (Fsp3) is 0.176. The van der Waals surface area contributed by atoms with Crippen LogP contribution in [0.15, 0.2) is 36.4 Å². The zero-order valence-corrected chi connectivity index (χ0v) is 12.0. The second-order valence-electron chi connectivity index (χ2n) is 4.92. The van der Waals surface area contributed by atoms with Gasteiger partial charge in [0.15, 0.2) is 0 Å². The number of aryl methyl sites for hydroxylation is 2. The van der Waals surface area contributed by atoms with Crippen molar-refractivity contribution in [2.24, 2.45) is 0 Å². The van der Waals surface area contributed by atoms with Crippen molar-refractivity contribution in [2.45, 2.75) is 20.5 Å². The molecular formula is C17H16N2O2. The van der Waals surface area contributed by atoms with E-state index in [4.69, 9.17) is 15.7 Å². The van der Waals surface area contributed by atoms with Gasteiger partial charge in [0.1, 0.15) is 6.61 Å². The Labute approximate surface area is 123 Å². The van der Waals surface area contributed by atoms with Crippen LogP contribution in [0.3, 0.4) is 0 Å². The van der Waals surface area contributed by atoms with Gasteiger partial charge in [-0.15, -0.1) is 0 Å². The van der Waals surface area contributed by atoms with Crippen LogP contribution >= 0.6 is 0 Å². The maximum absolute atomic E-state index is 12.1. The average Bonchev–Trinajstić information content (AvgIpc) is 2.48. The maximum Gasteiger partial charge on any atom is 0.340 e. The third-order valence-corrected chi connectivity index (χ3v) is 3.26. The molecule has 0 heterocycles. The lowest BCUT2D eigenvalue weighted by Gasteiger charge is -2.09. The minimum Gasteiger partial charge on any atom is -0.457 e. The van der Waals surface area contributed by atoms with Crippen molar-refractivity contribution in [1.29, 1.82) is 5.26 Å². The van der Waals surface area contributed by atoms with Crippen LogP contribution in [-0.4, -0.2) is 5.97 Å². The molecule has 0 aliphatic rings. The lowest BCUT2D eigenvalue weighted by atomic mass is 10.1. The van der Waals surface area contributed by atoms with Crippen LogP contribution in [0.4, 0.5) is 5.69 Å². The molecular weight excluding hydrogens is 264 g/mol. The predicted molar refractivity (Wildman–Crippen MR) is 80.6 cm³/mol. The van der Waals surface area contributed by atoms with E-state index < -0.39 is 5.97 Å². The van der Waals surface area contributed by atoms with Crippen molar-refractivity contribution >= 4 is 11.7 Å². The third kappa shape index (κ3) is 3.40. The summed E-state index contributed by atoms with van der Waals surface area (Å²) in [6, 6.07) is 12.6. The molecule has 0 unspecified atom stereocenters. The summed E-state index contributed by atoms with van der Waals surface area (Å²) in [6.45, 7) is 3.93. The van der Waals surface area contributed by atoms with Crippen LogP contribution in [0, 0.1) is 25.2 Å². The number of nitrogens with zero attached hydrogens (tertiary/aromatic N) is 1. The van der Waals surface area contributed by atoms with E-state index in [1.807, 2.05) is 19.9 Å². The van der Waals surface area contributed by atoms with Gasteiger partial charge in [-0.2, -0.15) is 5.26 Å². The molecule has 2 rings (SSSR count). The first-order valence-electron chi connectivity index (χ1n) is 6.54. The maximum atomic E-state index is 12.1. The van der Waals surface area contributed by atoms with Crippen LogP contribution in [0.1, 0.15) is 32.6 Å². The number of esters is 1. The minimum absolute atomic E-state index is 0.157. The van der Waals surface area contributed by atoms with Gasteiger partial charge in [-0.25, -0.2) is 4.79 Å². The molecule has 0 saturated heterocycles. The van der Waals surface area contributed by atoms with Gasteiger partial charge in [0.05, 0.1) is 17.2 Å². The smallest absolute Gasteiger partial charge is 0.340 e. The Morgan fingerprint density at radius 3 is 2.67 bits per heavy atom. The van der Waals surface area contributed by atoms with Gasteiger partial charge in [0, 0.05) is 5.69 Å². The molecule has 2 aromatic carbocycles. The Morgan fingerprint density at radius 2 is 2.00 bits per heavy atom. The van der Waals surface area contributed by atoms with Gasteiger partial charge < -0.3 is 10.5 Å². The number of hydrogen-bond acceptors (Lipinski definition) is 4. The number of benzene rings is 2. The third-order valence-electron chi connectivity index (χ3n) is 3.26. The molecule has 0 spiro atoms. The fourth-order valence-electron chi connectivity index (χ4n) is 2.00. The largest absolute Gasteiger partial charge is 0.457 e. The number of anilines is 1. The number of ether oxygens (including phenoxy) is 1. The summed E-state index contributed by atoms with van der Waals surface area (Å²) < 4.78 is 5.30. The fourth-order valence-corrected chi connectivity index (χ4v) is 2.00. The van der Waals surface area contributed by atoms with E-state index in [0.717, 1.165) is 16.7 Å². The van der Waals surface area contributed by atoms with Crippen molar-refractivity contribution < 1.29 is 9.53 Å². The second-order valence-corrected chi connectivity index (χ2v) is 4.92. The molecule has 4 nitrogen and oxygen atoms in total. The molecule has 0 fully saturated rings. The molecule has 4 heteroatoms. The molecule has 21 heavy (non-hydrogen) atoms. The van der Waals surface area contributed by atoms with Crippen molar-refractivity contribution in [2.75, 3.05) is 5.73 Å². The van der Waals surface area contributed by atoms with E-state index >= 15 is 0 Å². The van der Waals surface area contributed by atoms with Crippen LogP contribution < -0.4 is 5.73 Å². The molecule has 2 aromatic rings. The molecule has 0 aliphatic heterocycles. The van der Waals surface area contributed by atoms with Gasteiger partial charge in [0.2, 0.25) is 0 Å². The summed E-state index contributed by atoms with van der Waals surface area (Å²) in [5.74, 6) is -0.444. The first kappa shape index (κ1) is 14.6. The summed E-state index contributed by atoms with van der Waals surface area (Å²) in [5.41, 5.74) is 9.89. The Kier molecular flexibility index (Phi) is 4.24. The van der Waals surface area contributed by atoms with E-state index in [2.05, 4.69) is 6.07 Å². The molecule has 2 N–H and O–H groups in total. The summed E-state index contributed by atoms with van der Waals surface area (Å²) in [4.78, 5) is 12.1. The topological polar surface area (TPSA) is 76.1 Å². The van der Waals surface area contributed by atoms with E-state index in [1.54, 1.807) is 30.3 Å². The predicted octanol–water partition coefficient (Wildman–Crippen LogP) is 3.11. The second kappa shape index (κ2) is 6.10. The van der Waals surface area contributed by atoms with Crippen LogP contribution in [0.25, 0.3) is 0 Å². The number of hydrogen-bond donors (Lipinski definition) is 1. The van der Waals surface area contributed by atoms with Gasteiger partial charge in [-0.05, 0) is 49.2 Å². The van der Waals surface area contributed by atoms with Crippen LogP contribution in [-0.2, 0) is 11.3 Å². The molecule has 0 aromatic heterocycles. The van der Waals surface area contributed by atoms with Crippen molar-refractivity contribution in [3.05, 3.63) is 64.2 Å². The van der Waals surface area contributed by atoms with Crippen LogP contribution in [0.5, 0.6) is 0 Å². The monoisotopic (exact) mass is 280 g/mol. The summed E-state index contributed by atoms with van der Waals surface area (Å²) in [5, 5.41) is 8.83. The Morgan fingerprint density at radius 1 is 1.24 bits per heavy atom. The zero-order valence-electron chi connectivity index (χ0n) is 12.0. The lowest BCUT2D eigenvalue weighted by Crippen LogP contribution is -2.09. The van der Waals surface area contributed by atoms with Crippen molar-refractivity contribution in [3.63, 3.8) is 0 Å². The molecule has 0 atom stereocenters. The number of nitrogens with two attached hydrogens (primary N) is 1. The lowest BCUT2D eigenvalue weighted by molar-refractivity contribution is 0.0473. The highest BCUT2D eigenvalue weighted by atomic mass is 16.5. The first-order valence-corrected chi connectivity index (χ1v) is 6.54. The highest BCUT2D eigenvalue weighted by molar-refractivity contribution is 5.95. The SMILES string of the molecule is Cc1ccc(N)c(C(=O)OCc2ccc(C#N)cc2C)c1.